The summed E-state index contributed by atoms with van der Waals surface area (Å²) in [5.41, 5.74) is 1.41. The Kier molecular flexibility index (Phi) is 4.36. The van der Waals surface area contributed by atoms with Gasteiger partial charge in [0.05, 0.1) is 0 Å². The van der Waals surface area contributed by atoms with E-state index < -0.39 is 20.6 Å². The van der Waals surface area contributed by atoms with Crippen LogP contribution in [0.5, 0.6) is 0 Å². The summed E-state index contributed by atoms with van der Waals surface area (Å²) in [5, 5.41) is 9.23. The van der Waals surface area contributed by atoms with Gasteiger partial charge >= 0.3 is 5.97 Å². The number of fused-ring (bicyclic) bond motifs is 1. The first-order valence-corrected chi connectivity index (χ1v) is 9.25. The van der Waals surface area contributed by atoms with Gasteiger partial charge in [-0.15, -0.1) is 0 Å². The molecular weight excluding hydrogens is 374 g/mol. The van der Waals surface area contributed by atoms with E-state index in [1.807, 2.05) is 6.07 Å². The summed E-state index contributed by atoms with van der Waals surface area (Å²) >= 11 is 3.33. The minimum atomic E-state index is -3.79. The molecule has 0 saturated carbocycles. The third kappa shape index (κ3) is 2.89. The van der Waals surface area contributed by atoms with Crippen molar-refractivity contribution < 1.29 is 23.1 Å². The first-order chi connectivity index (χ1) is 10.1. The molecule has 0 saturated heterocycles. The summed E-state index contributed by atoms with van der Waals surface area (Å²) in [6.45, 7) is 1.60. The van der Waals surface area contributed by atoms with Crippen LogP contribution in [0.25, 0.3) is 0 Å². The first kappa shape index (κ1) is 17.0. The van der Waals surface area contributed by atoms with Crippen molar-refractivity contribution in [2.75, 3.05) is 12.8 Å². The van der Waals surface area contributed by atoms with Crippen molar-refractivity contribution >= 4 is 37.6 Å². The average molecular weight is 390 g/mol. The summed E-state index contributed by atoms with van der Waals surface area (Å²) in [7, 11) is -3.79. The van der Waals surface area contributed by atoms with E-state index in [1.165, 1.54) is 11.8 Å². The zero-order chi connectivity index (χ0) is 16.7. The second kappa shape index (κ2) is 5.66. The maximum atomic E-state index is 12.3. The maximum Gasteiger partial charge on any atom is 0.324 e. The number of aliphatic carboxylic acids is 1. The standard InChI is InChI=1S/C14H16BrNO5S/c1-14(13(18)19,22(2,20)21)5-6-16-8-9-7-10(15)3-4-11(9)12(16)17/h3-4,7H,5-6,8H2,1-2H3,(H,18,19)/t14-/m1/s1. The summed E-state index contributed by atoms with van der Waals surface area (Å²) in [6, 6.07) is 5.30. The number of amides is 1. The van der Waals surface area contributed by atoms with Crippen LogP contribution < -0.4 is 0 Å². The van der Waals surface area contributed by atoms with Crippen molar-refractivity contribution in [3.05, 3.63) is 33.8 Å². The van der Waals surface area contributed by atoms with E-state index in [1.54, 1.807) is 12.1 Å². The normalized spacial score (nSPS) is 17.2. The number of benzene rings is 1. The zero-order valence-corrected chi connectivity index (χ0v) is 14.6. The minimum Gasteiger partial charge on any atom is -0.480 e. The molecule has 1 aromatic carbocycles. The third-order valence-corrected chi connectivity index (χ3v) is 6.58. The molecule has 2 rings (SSSR count). The van der Waals surface area contributed by atoms with Crippen molar-refractivity contribution in [1.82, 2.24) is 4.90 Å². The smallest absolute Gasteiger partial charge is 0.324 e. The van der Waals surface area contributed by atoms with Gasteiger partial charge in [-0.25, -0.2) is 8.42 Å². The monoisotopic (exact) mass is 389 g/mol. The molecule has 0 unspecified atom stereocenters. The number of sulfone groups is 1. The first-order valence-electron chi connectivity index (χ1n) is 6.57. The lowest BCUT2D eigenvalue weighted by atomic mass is 10.1. The predicted octanol–water partition coefficient (Wildman–Crippen LogP) is 1.68. The van der Waals surface area contributed by atoms with Gasteiger partial charge in [-0.3, -0.25) is 9.59 Å². The van der Waals surface area contributed by atoms with Crippen molar-refractivity contribution in [2.45, 2.75) is 24.6 Å². The number of carbonyl (C=O) groups excluding carboxylic acids is 1. The fraction of sp³-hybridized carbons (Fsp3) is 0.429. The number of halogens is 1. The molecule has 0 bridgehead atoms. The van der Waals surface area contributed by atoms with Gasteiger partial charge in [0.15, 0.2) is 14.6 Å². The Morgan fingerprint density at radius 3 is 2.64 bits per heavy atom. The minimum absolute atomic E-state index is 0.0704. The molecule has 1 aliphatic heterocycles. The van der Waals surface area contributed by atoms with Crippen LogP contribution in [0.1, 0.15) is 29.3 Å². The van der Waals surface area contributed by atoms with Crippen molar-refractivity contribution in [2.24, 2.45) is 0 Å². The van der Waals surface area contributed by atoms with E-state index in [0.29, 0.717) is 12.1 Å². The lowest BCUT2D eigenvalue weighted by molar-refractivity contribution is -0.139. The van der Waals surface area contributed by atoms with Crippen LogP contribution in [0.15, 0.2) is 22.7 Å². The Hall–Kier alpha value is -1.41. The number of nitrogens with zero attached hydrogens (tertiary/aromatic N) is 1. The lowest BCUT2D eigenvalue weighted by Gasteiger charge is -2.25. The van der Waals surface area contributed by atoms with Crippen LogP contribution in [0.4, 0.5) is 0 Å². The molecule has 1 aliphatic rings. The molecule has 0 fully saturated rings. The second-order valence-corrected chi connectivity index (χ2v) is 8.95. The summed E-state index contributed by atoms with van der Waals surface area (Å²) in [6.07, 6.45) is 0.751. The van der Waals surface area contributed by atoms with Gasteiger partial charge in [-0.05, 0) is 37.1 Å². The molecule has 1 amide bonds. The van der Waals surface area contributed by atoms with Gasteiger partial charge in [0.2, 0.25) is 0 Å². The number of hydrogen-bond donors (Lipinski definition) is 1. The summed E-state index contributed by atoms with van der Waals surface area (Å²) in [5.74, 6) is -1.61. The van der Waals surface area contributed by atoms with Crippen LogP contribution in [0.2, 0.25) is 0 Å². The van der Waals surface area contributed by atoms with E-state index in [-0.39, 0.29) is 18.9 Å². The predicted molar refractivity (Wildman–Crippen MR) is 84.4 cm³/mol. The molecule has 0 aliphatic carbocycles. The Morgan fingerprint density at radius 2 is 2.09 bits per heavy atom. The van der Waals surface area contributed by atoms with E-state index in [0.717, 1.165) is 16.3 Å². The molecule has 1 heterocycles. The molecule has 0 radical (unpaired) electrons. The fourth-order valence-corrected chi connectivity index (χ4v) is 3.52. The number of carboxylic acid groups (broad SMARTS) is 1. The highest BCUT2D eigenvalue weighted by Gasteiger charge is 2.44. The molecule has 120 valence electrons. The molecule has 1 aromatic rings. The fourth-order valence-electron chi connectivity index (χ4n) is 2.33. The third-order valence-electron chi connectivity index (χ3n) is 4.08. The van der Waals surface area contributed by atoms with Gasteiger partial charge < -0.3 is 10.0 Å². The van der Waals surface area contributed by atoms with Gasteiger partial charge in [0.25, 0.3) is 5.91 Å². The van der Waals surface area contributed by atoms with E-state index >= 15 is 0 Å². The van der Waals surface area contributed by atoms with Crippen LogP contribution in [-0.4, -0.2) is 47.8 Å². The van der Waals surface area contributed by atoms with E-state index in [2.05, 4.69) is 15.9 Å². The van der Waals surface area contributed by atoms with Gasteiger partial charge in [0, 0.05) is 29.4 Å². The molecule has 6 nitrogen and oxygen atoms in total. The van der Waals surface area contributed by atoms with Crippen LogP contribution in [-0.2, 0) is 21.2 Å². The second-order valence-electron chi connectivity index (χ2n) is 5.59. The van der Waals surface area contributed by atoms with Crippen LogP contribution >= 0.6 is 15.9 Å². The Labute approximate surface area is 137 Å². The molecule has 22 heavy (non-hydrogen) atoms. The highest BCUT2D eigenvalue weighted by atomic mass is 79.9. The molecule has 0 aromatic heterocycles. The number of hydrogen-bond acceptors (Lipinski definition) is 4. The van der Waals surface area contributed by atoms with Crippen molar-refractivity contribution in [1.29, 1.82) is 0 Å². The van der Waals surface area contributed by atoms with Crippen molar-refractivity contribution in [3.8, 4) is 0 Å². The lowest BCUT2D eigenvalue weighted by Crippen LogP contribution is -2.45. The van der Waals surface area contributed by atoms with Crippen LogP contribution in [0.3, 0.4) is 0 Å². The zero-order valence-electron chi connectivity index (χ0n) is 12.2. The number of carbonyl (C=O) groups is 2. The molecule has 8 heteroatoms. The maximum absolute atomic E-state index is 12.3. The molecular formula is C14H16BrNO5S. The van der Waals surface area contributed by atoms with Crippen molar-refractivity contribution in [3.63, 3.8) is 0 Å². The Morgan fingerprint density at radius 1 is 1.45 bits per heavy atom. The Bertz CT molecular complexity index is 746. The molecule has 0 spiro atoms. The largest absolute Gasteiger partial charge is 0.480 e. The molecule has 1 atom stereocenters. The van der Waals surface area contributed by atoms with Gasteiger partial charge in [-0.2, -0.15) is 0 Å². The highest BCUT2D eigenvalue weighted by molar-refractivity contribution is 9.10. The SMILES string of the molecule is C[C@@](CCN1Cc2cc(Br)ccc2C1=O)(C(=O)O)S(C)(=O)=O. The van der Waals surface area contributed by atoms with Gasteiger partial charge in [0.1, 0.15) is 0 Å². The summed E-state index contributed by atoms with van der Waals surface area (Å²) < 4.78 is 22.5. The van der Waals surface area contributed by atoms with Gasteiger partial charge in [-0.1, -0.05) is 15.9 Å². The highest BCUT2D eigenvalue weighted by Crippen LogP contribution is 2.28. The molecule has 1 N–H and O–H groups in total. The van der Waals surface area contributed by atoms with E-state index in [4.69, 9.17) is 0 Å². The topological polar surface area (TPSA) is 91.8 Å². The summed E-state index contributed by atoms with van der Waals surface area (Å²) in [4.78, 5) is 25.1. The quantitative estimate of drug-likeness (QED) is 0.826. The van der Waals surface area contributed by atoms with E-state index in [9.17, 15) is 23.1 Å². The number of rotatable bonds is 5. The van der Waals surface area contributed by atoms with Crippen LogP contribution in [0, 0.1) is 0 Å². The average Bonchev–Trinajstić information content (AvgIpc) is 2.70. The number of carboxylic acids is 1. The Balaban J connectivity index is 2.17.